The van der Waals surface area contributed by atoms with Gasteiger partial charge in [0.1, 0.15) is 23.0 Å². The van der Waals surface area contributed by atoms with Gasteiger partial charge in [-0.1, -0.05) is 0 Å². The van der Waals surface area contributed by atoms with Crippen LogP contribution in [0, 0.1) is 21.0 Å². The Morgan fingerprint density at radius 2 is 1.53 bits per heavy atom. The zero-order valence-corrected chi connectivity index (χ0v) is 11.5. The molecule has 0 bridgehead atoms. The lowest BCUT2D eigenvalue weighted by Gasteiger charge is -2.07. The molecule has 0 aliphatic carbocycles. The third kappa shape index (κ3) is 3.25. The maximum Gasteiger partial charge on any atom is 0.261 e. The van der Waals surface area contributed by atoms with E-state index >= 15 is 0 Å². The molecule has 0 atom stereocenters. The van der Waals surface area contributed by atoms with Gasteiger partial charge in [-0.2, -0.15) is 0 Å². The molecule has 6 heteroatoms. The van der Waals surface area contributed by atoms with Crippen LogP contribution in [-0.2, 0) is 0 Å². The standard InChI is InChI=1S/C13H7F3INO/c14-7-5-10(15)12(11(16)6-7)13(19)18-9-3-1-8(17)2-4-9/h1-6H,(H,18,19). The molecular weight excluding hydrogens is 370 g/mol. The molecule has 2 aromatic rings. The quantitative estimate of drug-likeness (QED) is 0.789. The number of halogens is 4. The van der Waals surface area contributed by atoms with Gasteiger partial charge in [0.05, 0.1) is 0 Å². The van der Waals surface area contributed by atoms with Gasteiger partial charge >= 0.3 is 0 Å². The number of anilines is 1. The second-order valence-corrected chi connectivity index (χ2v) is 4.95. The molecule has 2 nitrogen and oxygen atoms in total. The number of carbonyl (C=O) groups is 1. The normalized spacial score (nSPS) is 10.3. The molecule has 98 valence electrons. The molecule has 0 aliphatic rings. The highest BCUT2D eigenvalue weighted by atomic mass is 127. The van der Waals surface area contributed by atoms with Crippen LogP contribution in [-0.4, -0.2) is 5.91 Å². The Morgan fingerprint density at radius 3 is 2.05 bits per heavy atom. The Balaban J connectivity index is 2.28. The first-order valence-corrected chi connectivity index (χ1v) is 6.26. The molecule has 1 N–H and O–H groups in total. The minimum Gasteiger partial charge on any atom is -0.322 e. The van der Waals surface area contributed by atoms with Gasteiger partial charge < -0.3 is 5.32 Å². The summed E-state index contributed by atoms with van der Waals surface area (Å²) >= 11 is 2.08. The third-order valence-electron chi connectivity index (χ3n) is 2.34. The average Bonchev–Trinajstić information content (AvgIpc) is 2.30. The number of amides is 1. The SMILES string of the molecule is O=C(Nc1ccc(I)cc1)c1c(F)cc(F)cc1F. The molecule has 0 fully saturated rings. The fourth-order valence-electron chi connectivity index (χ4n) is 1.49. The predicted molar refractivity (Wildman–Crippen MR) is 73.4 cm³/mol. The van der Waals surface area contributed by atoms with Gasteiger partial charge in [0.25, 0.3) is 5.91 Å². The minimum atomic E-state index is -1.24. The van der Waals surface area contributed by atoms with Gasteiger partial charge in [-0.15, -0.1) is 0 Å². The number of benzene rings is 2. The summed E-state index contributed by atoms with van der Waals surface area (Å²) in [6.07, 6.45) is 0. The van der Waals surface area contributed by atoms with E-state index in [4.69, 9.17) is 0 Å². The number of nitrogens with one attached hydrogen (secondary N) is 1. The van der Waals surface area contributed by atoms with Crippen molar-refractivity contribution in [3.63, 3.8) is 0 Å². The van der Waals surface area contributed by atoms with E-state index in [1.54, 1.807) is 24.3 Å². The molecule has 0 radical (unpaired) electrons. The highest BCUT2D eigenvalue weighted by Gasteiger charge is 2.19. The van der Waals surface area contributed by atoms with E-state index < -0.39 is 28.9 Å². The van der Waals surface area contributed by atoms with Crippen LogP contribution in [0.2, 0.25) is 0 Å². The Kier molecular flexibility index (Phi) is 4.08. The van der Waals surface area contributed by atoms with Crippen molar-refractivity contribution in [2.24, 2.45) is 0 Å². The Labute approximate surface area is 120 Å². The molecule has 0 spiro atoms. The summed E-state index contributed by atoms with van der Waals surface area (Å²) in [7, 11) is 0. The molecule has 0 aromatic heterocycles. The van der Waals surface area contributed by atoms with Crippen molar-refractivity contribution in [1.29, 1.82) is 0 Å². The lowest BCUT2D eigenvalue weighted by Crippen LogP contribution is -2.16. The Morgan fingerprint density at radius 1 is 1.00 bits per heavy atom. The molecule has 0 heterocycles. The molecule has 2 aromatic carbocycles. The molecule has 1 amide bonds. The number of rotatable bonds is 2. The lowest BCUT2D eigenvalue weighted by atomic mass is 10.1. The average molecular weight is 377 g/mol. The van der Waals surface area contributed by atoms with Crippen molar-refractivity contribution in [1.82, 2.24) is 0 Å². The lowest BCUT2D eigenvalue weighted by molar-refractivity contribution is 0.101. The molecule has 0 saturated heterocycles. The second-order valence-electron chi connectivity index (χ2n) is 3.71. The largest absolute Gasteiger partial charge is 0.322 e. The van der Waals surface area contributed by atoms with Gasteiger partial charge in [-0.3, -0.25) is 4.79 Å². The van der Waals surface area contributed by atoms with Crippen LogP contribution in [0.4, 0.5) is 18.9 Å². The summed E-state index contributed by atoms with van der Waals surface area (Å²) in [5.74, 6) is -4.50. The topological polar surface area (TPSA) is 29.1 Å². The van der Waals surface area contributed by atoms with E-state index in [2.05, 4.69) is 27.9 Å². The summed E-state index contributed by atoms with van der Waals surface area (Å²) in [5.41, 5.74) is -0.409. The van der Waals surface area contributed by atoms with Crippen LogP contribution in [0.1, 0.15) is 10.4 Å². The Hall–Kier alpha value is -1.57. The third-order valence-corrected chi connectivity index (χ3v) is 3.06. The van der Waals surface area contributed by atoms with Crippen LogP contribution < -0.4 is 5.32 Å². The van der Waals surface area contributed by atoms with Crippen LogP contribution in [0.15, 0.2) is 36.4 Å². The van der Waals surface area contributed by atoms with Crippen molar-refractivity contribution in [3.05, 3.63) is 63.0 Å². The first kappa shape index (κ1) is 13.9. The summed E-state index contributed by atoms with van der Waals surface area (Å²) in [4.78, 5) is 11.7. The fourth-order valence-corrected chi connectivity index (χ4v) is 1.85. The molecule has 19 heavy (non-hydrogen) atoms. The zero-order chi connectivity index (χ0) is 14.0. The van der Waals surface area contributed by atoms with Crippen LogP contribution in [0.25, 0.3) is 0 Å². The number of hydrogen-bond donors (Lipinski definition) is 1. The van der Waals surface area contributed by atoms with Crippen molar-refractivity contribution < 1.29 is 18.0 Å². The molecule has 0 saturated carbocycles. The minimum absolute atomic E-state index is 0.397. The van der Waals surface area contributed by atoms with Crippen molar-refractivity contribution in [3.8, 4) is 0 Å². The van der Waals surface area contributed by atoms with E-state index in [0.717, 1.165) is 3.57 Å². The summed E-state index contributed by atoms with van der Waals surface area (Å²) in [6, 6.07) is 7.58. The van der Waals surface area contributed by atoms with Gasteiger partial charge in [0.15, 0.2) is 0 Å². The molecule has 0 unspecified atom stereocenters. The van der Waals surface area contributed by atoms with Gasteiger partial charge in [0, 0.05) is 21.4 Å². The van der Waals surface area contributed by atoms with Gasteiger partial charge in [0.2, 0.25) is 0 Å². The van der Waals surface area contributed by atoms with E-state index in [1.807, 2.05) is 0 Å². The molecule has 2 rings (SSSR count). The zero-order valence-electron chi connectivity index (χ0n) is 9.38. The summed E-state index contributed by atoms with van der Waals surface area (Å²) in [6.45, 7) is 0. The van der Waals surface area contributed by atoms with Crippen molar-refractivity contribution >= 4 is 34.2 Å². The first-order valence-electron chi connectivity index (χ1n) is 5.19. The number of hydrogen-bond acceptors (Lipinski definition) is 1. The van der Waals surface area contributed by atoms with Gasteiger partial charge in [-0.25, -0.2) is 13.2 Å². The van der Waals surface area contributed by atoms with Crippen LogP contribution in [0.5, 0.6) is 0 Å². The van der Waals surface area contributed by atoms with E-state index in [0.29, 0.717) is 17.8 Å². The van der Waals surface area contributed by atoms with Crippen LogP contribution >= 0.6 is 22.6 Å². The summed E-state index contributed by atoms with van der Waals surface area (Å²) < 4.78 is 40.5. The van der Waals surface area contributed by atoms with E-state index in [9.17, 15) is 18.0 Å². The summed E-state index contributed by atoms with van der Waals surface area (Å²) in [5, 5.41) is 2.34. The van der Waals surface area contributed by atoms with Crippen molar-refractivity contribution in [2.45, 2.75) is 0 Å². The highest BCUT2D eigenvalue weighted by Crippen LogP contribution is 2.17. The van der Waals surface area contributed by atoms with Crippen molar-refractivity contribution in [2.75, 3.05) is 5.32 Å². The highest BCUT2D eigenvalue weighted by molar-refractivity contribution is 14.1. The molecule has 0 aliphatic heterocycles. The van der Waals surface area contributed by atoms with Crippen LogP contribution in [0.3, 0.4) is 0 Å². The van der Waals surface area contributed by atoms with Gasteiger partial charge in [-0.05, 0) is 46.9 Å². The predicted octanol–water partition coefficient (Wildman–Crippen LogP) is 3.96. The second kappa shape index (κ2) is 5.60. The maximum absolute atomic E-state index is 13.4. The maximum atomic E-state index is 13.4. The van der Waals surface area contributed by atoms with E-state index in [1.165, 1.54) is 0 Å². The monoisotopic (exact) mass is 377 g/mol. The first-order chi connectivity index (χ1) is 8.97. The fraction of sp³-hybridized carbons (Fsp3) is 0. The number of carbonyl (C=O) groups excluding carboxylic acids is 1. The smallest absolute Gasteiger partial charge is 0.261 e. The molecular formula is C13H7F3INO. The Bertz CT molecular complexity index is 605. The van der Waals surface area contributed by atoms with E-state index in [-0.39, 0.29) is 0 Å².